The van der Waals surface area contributed by atoms with Gasteiger partial charge in [-0.05, 0) is 22.9 Å². The van der Waals surface area contributed by atoms with Gasteiger partial charge in [-0.2, -0.15) is 5.21 Å². The first-order valence-corrected chi connectivity index (χ1v) is 6.63. The molecule has 0 aliphatic rings. The summed E-state index contributed by atoms with van der Waals surface area (Å²) in [6.45, 7) is 0. The van der Waals surface area contributed by atoms with E-state index in [0.717, 1.165) is 6.08 Å². The summed E-state index contributed by atoms with van der Waals surface area (Å²) in [6, 6.07) is 7.86. The molecule has 116 valence electrons. The Morgan fingerprint density at radius 1 is 1.39 bits per heavy atom. The van der Waals surface area contributed by atoms with Crippen molar-refractivity contribution in [1.29, 1.82) is 0 Å². The van der Waals surface area contributed by atoms with E-state index < -0.39 is 5.78 Å². The number of halogens is 1. The molecular weight excluding hydrogens is 303 g/mol. The fourth-order valence-corrected chi connectivity index (χ4v) is 1.98. The van der Waals surface area contributed by atoms with Gasteiger partial charge < -0.3 is 9.52 Å². The quantitative estimate of drug-likeness (QED) is 0.425. The molecule has 2 aromatic heterocycles. The van der Waals surface area contributed by atoms with Crippen LogP contribution in [0, 0.1) is 5.82 Å². The van der Waals surface area contributed by atoms with Crippen LogP contribution in [-0.4, -0.2) is 31.5 Å². The topological polar surface area (TPSA) is 105 Å². The highest BCUT2D eigenvalue weighted by atomic mass is 19.1. The summed E-state index contributed by atoms with van der Waals surface area (Å²) in [7, 11) is 0. The molecule has 23 heavy (non-hydrogen) atoms. The molecule has 0 aliphatic heterocycles. The number of allylic oxidation sites excluding steroid dienone is 1. The van der Waals surface area contributed by atoms with Crippen molar-refractivity contribution >= 4 is 11.5 Å². The van der Waals surface area contributed by atoms with Gasteiger partial charge in [0.15, 0.2) is 0 Å². The van der Waals surface area contributed by atoms with E-state index in [0.29, 0.717) is 16.9 Å². The Kier molecular flexibility index (Phi) is 3.96. The SMILES string of the molecule is O=C(C=C(O)c1coc(Cc2ccccc2F)c1)c1nn[nH]n1. The maximum absolute atomic E-state index is 13.6. The van der Waals surface area contributed by atoms with Gasteiger partial charge in [-0.25, -0.2) is 4.39 Å². The summed E-state index contributed by atoms with van der Waals surface area (Å²) in [4.78, 5) is 11.7. The number of benzene rings is 1. The van der Waals surface area contributed by atoms with E-state index >= 15 is 0 Å². The van der Waals surface area contributed by atoms with Crippen LogP contribution in [0.5, 0.6) is 0 Å². The lowest BCUT2D eigenvalue weighted by Gasteiger charge is -1.99. The number of ketones is 1. The zero-order chi connectivity index (χ0) is 16.2. The molecule has 0 amide bonds. The van der Waals surface area contributed by atoms with Gasteiger partial charge in [0, 0.05) is 12.5 Å². The third-order valence-electron chi connectivity index (χ3n) is 3.11. The van der Waals surface area contributed by atoms with E-state index in [1.165, 1.54) is 18.4 Å². The lowest BCUT2D eigenvalue weighted by molar-refractivity contribution is 0.103. The van der Waals surface area contributed by atoms with Crippen molar-refractivity contribution in [1.82, 2.24) is 20.6 Å². The molecule has 2 N–H and O–H groups in total. The highest BCUT2D eigenvalue weighted by molar-refractivity contribution is 6.05. The van der Waals surface area contributed by atoms with Crippen LogP contribution in [0.3, 0.4) is 0 Å². The Morgan fingerprint density at radius 3 is 2.96 bits per heavy atom. The molecule has 0 aliphatic carbocycles. The number of aliphatic hydroxyl groups excluding tert-OH is 1. The van der Waals surface area contributed by atoms with E-state index in [9.17, 15) is 14.3 Å². The minimum atomic E-state index is -0.604. The Hall–Kier alpha value is -3.29. The first kappa shape index (κ1) is 14.6. The van der Waals surface area contributed by atoms with Crippen LogP contribution in [0.4, 0.5) is 4.39 Å². The monoisotopic (exact) mass is 314 g/mol. The van der Waals surface area contributed by atoms with Gasteiger partial charge in [-0.15, -0.1) is 10.2 Å². The molecule has 0 unspecified atom stereocenters. The Morgan fingerprint density at radius 2 is 2.22 bits per heavy atom. The molecule has 0 saturated heterocycles. The number of nitrogens with one attached hydrogen (secondary N) is 1. The zero-order valence-electron chi connectivity index (χ0n) is 11.7. The molecular formula is C15H11FN4O3. The predicted molar refractivity (Wildman–Crippen MR) is 77.0 cm³/mol. The van der Waals surface area contributed by atoms with E-state index in [2.05, 4.69) is 20.6 Å². The zero-order valence-corrected chi connectivity index (χ0v) is 11.7. The lowest BCUT2D eigenvalue weighted by atomic mass is 10.1. The van der Waals surface area contributed by atoms with Crippen molar-refractivity contribution < 1.29 is 18.7 Å². The van der Waals surface area contributed by atoms with Crippen molar-refractivity contribution in [3.8, 4) is 0 Å². The Labute approximate surface area is 129 Å². The number of furan rings is 1. The Bertz CT molecular complexity index is 855. The smallest absolute Gasteiger partial charge is 0.244 e. The van der Waals surface area contributed by atoms with E-state index in [4.69, 9.17) is 4.42 Å². The molecule has 3 aromatic rings. The molecule has 0 radical (unpaired) electrons. The number of carbonyl (C=O) groups is 1. The first-order valence-electron chi connectivity index (χ1n) is 6.63. The molecule has 0 spiro atoms. The molecule has 7 nitrogen and oxygen atoms in total. The normalized spacial score (nSPS) is 11.6. The average Bonchev–Trinajstić information content (AvgIpc) is 3.21. The minimum Gasteiger partial charge on any atom is -0.507 e. The van der Waals surface area contributed by atoms with E-state index in [1.807, 2.05) is 0 Å². The maximum Gasteiger partial charge on any atom is 0.244 e. The van der Waals surface area contributed by atoms with Gasteiger partial charge in [-0.1, -0.05) is 18.2 Å². The predicted octanol–water partition coefficient (Wildman–Crippen LogP) is 2.30. The van der Waals surface area contributed by atoms with Crippen LogP contribution in [0.2, 0.25) is 0 Å². The van der Waals surface area contributed by atoms with Crippen LogP contribution in [0.15, 0.2) is 47.1 Å². The second-order valence-electron chi connectivity index (χ2n) is 4.70. The van der Waals surface area contributed by atoms with Crippen LogP contribution < -0.4 is 0 Å². The summed E-state index contributed by atoms with van der Waals surface area (Å²) >= 11 is 0. The van der Waals surface area contributed by atoms with E-state index in [-0.39, 0.29) is 23.8 Å². The number of nitrogens with zero attached hydrogens (tertiary/aromatic N) is 3. The fourth-order valence-electron chi connectivity index (χ4n) is 1.98. The van der Waals surface area contributed by atoms with Crippen LogP contribution in [0.25, 0.3) is 5.76 Å². The fraction of sp³-hybridized carbons (Fsp3) is 0.0667. The minimum absolute atomic E-state index is 0.161. The highest BCUT2D eigenvalue weighted by Gasteiger charge is 2.13. The van der Waals surface area contributed by atoms with Crippen molar-refractivity contribution in [2.75, 3.05) is 0 Å². The number of H-pyrrole nitrogens is 1. The van der Waals surface area contributed by atoms with Gasteiger partial charge in [0.05, 0.1) is 5.56 Å². The summed E-state index contributed by atoms with van der Waals surface area (Å²) < 4.78 is 18.9. The first-order chi connectivity index (χ1) is 11.1. The van der Waals surface area contributed by atoms with E-state index in [1.54, 1.807) is 18.2 Å². The second kappa shape index (κ2) is 6.22. The molecule has 0 fully saturated rings. The summed E-state index contributed by atoms with van der Waals surface area (Å²) in [5.74, 6) is -0.947. The number of carbonyl (C=O) groups excluding carboxylic acids is 1. The van der Waals surface area contributed by atoms with Crippen LogP contribution in [0.1, 0.15) is 27.5 Å². The largest absolute Gasteiger partial charge is 0.507 e. The number of hydrogen-bond acceptors (Lipinski definition) is 6. The molecule has 8 heteroatoms. The lowest BCUT2D eigenvalue weighted by Crippen LogP contribution is -1.99. The number of aromatic amines is 1. The van der Waals surface area contributed by atoms with Crippen LogP contribution >= 0.6 is 0 Å². The van der Waals surface area contributed by atoms with Crippen molar-refractivity contribution in [2.45, 2.75) is 6.42 Å². The number of aliphatic hydroxyl groups is 1. The molecule has 0 atom stereocenters. The standard InChI is InChI=1S/C15H11FN4O3/c16-12-4-2-1-3-9(12)5-11-6-10(8-23-11)13(21)7-14(22)15-17-19-20-18-15/h1-4,6-8,21H,5H2,(H,17,18,19,20). The van der Waals surface area contributed by atoms with Gasteiger partial charge in [0.2, 0.25) is 11.6 Å². The van der Waals surface area contributed by atoms with Gasteiger partial charge >= 0.3 is 0 Å². The van der Waals surface area contributed by atoms with Crippen LogP contribution in [-0.2, 0) is 6.42 Å². The van der Waals surface area contributed by atoms with Gasteiger partial charge in [0.25, 0.3) is 0 Å². The van der Waals surface area contributed by atoms with Gasteiger partial charge in [-0.3, -0.25) is 4.79 Å². The second-order valence-corrected chi connectivity index (χ2v) is 4.70. The maximum atomic E-state index is 13.6. The van der Waals surface area contributed by atoms with Gasteiger partial charge in [0.1, 0.15) is 23.6 Å². The number of tetrazole rings is 1. The summed E-state index contributed by atoms with van der Waals surface area (Å²) in [5, 5.41) is 22.4. The van der Waals surface area contributed by atoms with Crippen molar-refractivity contribution in [3.63, 3.8) is 0 Å². The third kappa shape index (κ3) is 3.31. The molecule has 0 saturated carbocycles. The third-order valence-corrected chi connectivity index (χ3v) is 3.11. The summed E-state index contributed by atoms with van der Waals surface area (Å²) in [6.07, 6.45) is 2.48. The molecule has 0 bridgehead atoms. The number of hydrogen-bond donors (Lipinski definition) is 2. The van der Waals surface area contributed by atoms with Crippen molar-refractivity contribution in [3.05, 3.63) is 71.2 Å². The average molecular weight is 314 g/mol. The highest BCUT2D eigenvalue weighted by Crippen LogP contribution is 2.19. The molecule has 3 rings (SSSR count). The Balaban J connectivity index is 1.76. The van der Waals surface area contributed by atoms with Crippen molar-refractivity contribution in [2.24, 2.45) is 0 Å². The number of aromatic nitrogens is 4. The molecule has 2 heterocycles. The number of rotatable bonds is 5. The summed E-state index contributed by atoms with van der Waals surface area (Å²) in [5.41, 5.74) is 0.771. The molecule has 1 aromatic carbocycles.